The quantitative estimate of drug-likeness (QED) is 0.746. The zero-order chi connectivity index (χ0) is 10.6. The Morgan fingerprint density at radius 2 is 2.21 bits per heavy atom. The summed E-state index contributed by atoms with van der Waals surface area (Å²) in [6.45, 7) is 4.15. The van der Waals surface area contributed by atoms with E-state index < -0.39 is 0 Å². The van der Waals surface area contributed by atoms with Crippen LogP contribution in [0.15, 0.2) is 0 Å². The number of nitrogens with two attached hydrogens (primary N) is 1. The van der Waals surface area contributed by atoms with Gasteiger partial charge in [-0.15, -0.1) is 0 Å². The van der Waals surface area contributed by atoms with Crippen LogP contribution in [0.25, 0.3) is 0 Å². The minimum absolute atomic E-state index is 0.135. The van der Waals surface area contributed by atoms with Gasteiger partial charge in [0.15, 0.2) is 5.78 Å². The Balaban J connectivity index is 2.29. The summed E-state index contributed by atoms with van der Waals surface area (Å²) < 4.78 is 5.30. The molecular formula is C11H21NO2. The van der Waals surface area contributed by atoms with Crippen LogP contribution in [-0.2, 0) is 9.53 Å². The van der Waals surface area contributed by atoms with Crippen molar-refractivity contribution in [1.82, 2.24) is 0 Å². The summed E-state index contributed by atoms with van der Waals surface area (Å²) in [6.07, 6.45) is 4.12. The summed E-state index contributed by atoms with van der Waals surface area (Å²) in [5.41, 5.74) is 5.83. The molecule has 14 heavy (non-hydrogen) atoms. The first-order chi connectivity index (χ1) is 6.59. The van der Waals surface area contributed by atoms with E-state index in [0.717, 1.165) is 25.7 Å². The van der Waals surface area contributed by atoms with Gasteiger partial charge in [0, 0.05) is 12.0 Å². The van der Waals surface area contributed by atoms with Crippen LogP contribution in [0.3, 0.4) is 0 Å². The summed E-state index contributed by atoms with van der Waals surface area (Å²) in [6, 6.07) is 0.219. The van der Waals surface area contributed by atoms with E-state index in [1.807, 2.05) is 13.8 Å². The number of carbonyl (C=O) groups is 1. The molecule has 1 saturated carbocycles. The van der Waals surface area contributed by atoms with Gasteiger partial charge in [-0.2, -0.15) is 0 Å². The van der Waals surface area contributed by atoms with Crippen molar-refractivity contribution in [2.75, 3.05) is 6.61 Å². The molecule has 1 rings (SSSR count). The predicted molar refractivity (Wildman–Crippen MR) is 56.0 cm³/mol. The SMILES string of the molecule is CC(C)OCC(=O)C1CCCC(N)C1. The molecule has 0 aromatic heterocycles. The minimum Gasteiger partial charge on any atom is -0.371 e. The van der Waals surface area contributed by atoms with E-state index in [1.165, 1.54) is 0 Å². The van der Waals surface area contributed by atoms with E-state index in [-0.39, 0.29) is 30.5 Å². The van der Waals surface area contributed by atoms with Crippen LogP contribution in [0.5, 0.6) is 0 Å². The molecule has 0 saturated heterocycles. The predicted octanol–water partition coefficient (Wildman–Crippen LogP) is 1.50. The van der Waals surface area contributed by atoms with Crippen LogP contribution in [0.2, 0.25) is 0 Å². The third-order valence-corrected chi connectivity index (χ3v) is 2.73. The van der Waals surface area contributed by atoms with Crippen molar-refractivity contribution in [2.24, 2.45) is 11.7 Å². The summed E-state index contributed by atoms with van der Waals surface area (Å²) in [4.78, 5) is 11.7. The molecule has 0 aromatic carbocycles. The van der Waals surface area contributed by atoms with E-state index in [9.17, 15) is 4.79 Å². The lowest BCUT2D eigenvalue weighted by atomic mass is 9.84. The van der Waals surface area contributed by atoms with Crippen LogP contribution in [0.4, 0.5) is 0 Å². The number of Topliss-reactive ketones (excluding diaryl/α,β-unsaturated/α-hetero) is 1. The number of carbonyl (C=O) groups excluding carboxylic acids is 1. The molecule has 1 aliphatic rings. The third-order valence-electron chi connectivity index (χ3n) is 2.73. The first-order valence-electron chi connectivity index (χ1n) is 5.49. The number of ether oxygens (including phenoxy) is 1. The Bertz CT molecular complexity index is 192. The molecule has 3 nitrogen and oxygen atoms in total. The van der Waals surface area contributed by atoms with Gasteiger partial charge in [-0.05, 0) is 33.1 Å². The molecule has 1 aliphatic carbocycles. The average Bonchev–Trinajstić information content (AvgIpc) is 2.14. The maximum Gasteiger partial charge on any atom is 0.161 e. The summed E-state index contributed by atoms with van der Waals surface area (Å²) in [7, 11) is 0. The van der Waals surface area contributed by atoms with Crippen molar-refractivity contribution in [2.45, 2.75) is 51.7 Å². The van der Waals surface area contributed by atoms with Gasteiger partial charge in [-0.25, -0.2) is 0 Å². The maximum atomic E-state index is 11.7. The Kier molecular flexibility index (Phi) is 4.55. The van der Waals surface area contributed by atoms with Gasteiger partial charge in [0.05, 0.1) is 6.10 Å². The van der Waals surface area contributed by atoms with Gasteiger partial charge in [-0.3, -0.25) is 4.79 Å². The number of rotatable bonds is 4. The molecule has 0 aromatic rings. The molecule has 0 aliphatic heterocycles. The molecular weight excluding hydrogens is 178 g/mol. The molecule has 0 bridgehead atoms. The third kappa shape index (κ3) is 3.76. The van der Waals surface area contributed by atoms with Crippen LogP contribution in [-0.4, -0.2) is 24.5 Å². The first-order valence-corrected chi connectivity index (χ1v) is 5.49. The highest BCUT2D eigenvalue weighted by atomic mass is 16.5. The average molecular weight is 199 g/mol. The second kappa shape index (κ2) is 5.47. The molecule has 0 amide bonds. The zero-order valence-electron chi connectivity index (χ0n) is 9.16. The van der Waals surface area contributed by atoms with Gasteiger partial charge in [-0.1, -0.05) is 6.42 Å². The van der Waals surface area contributed by atoms with E-state index in [2.05, 4.69) is 0 Å². The zero-order valence-corrected chi connectivity index (χ0v) is 9.16. The van der Waals surface area contributed by atoms with Crippen molar-refractivity contribution in [3.05, 3.63) is 0 Å². The van der Waals surface area contributed by atoms with Gasteiger partial charge >= 0.3 is 0 Å². The Morgan fingerprint density at radius 3 is 2.79 bits per heavy atom. The molecule has 82 valence electrons. The molecule has 0 heterocycles. The Labute approximate surface area is 86.0 Å². The van der Waals surface area contributed by atoms with Crippen molar-refractivity contribution in [3.8, 4) is 0 Å². The maximum absolute atomic E-state index is 11.7. The van der Waals surface area contributed by atoms with Crippen LogP contribution >= 0.6 is 0 Å². The van der Waals surface area contributed by atoms with E-state index in [1.54, 1.807) is 0 Å². The van der Waals surface area contributed by atoms with Gasteiger partial charge in [0.1, 0.15) is 6.61 Å². The van der Waals surface area contributed by atoms with E-state index >= 15 is 0 Å². The molecule has 1 fully saturated rings. The van der Waals surface area contributed by atoms with Crippen LogP contribution < -0.4 is 5.73 Å². The molecule has 0 radical (unpaired) electrons. The smallest absolute Gasteiger partial charge is 0.161 e. The fourth-order valence-electron chi connectivity index (χ4n) is 1.89. The molecule has 2 atom stereocenters. The highest BCUT2D eigenvalue weighted by Crippen LogP contribution is 2.23. The van der Waals surface area contributed by atoms with E-state index in [4.69, 9.17) is 10.5 Å². The molecule has 3 heteroatoms. The number of hydrogen-bond donors (Lipinski definition) is 1. The van der Waals surface area contributed by atoms with Crippen molar-refractivity contribution < 1.29 is 9.53 Å². The Hall–Kier alpha value is -0.410. The first kappa shape index (κ1) is 11.7. The van der Waals surface area contributed by atoms with Gasteiger partial charge in [0.2, 0.25) is 0 Å². The number of hydrogen-bond acceptors (Lipinski definition) is 3. The second-order valence-corrected chi connectivity index (χ2v) is 4.45. The van der Waals surface area contributed by atoms with Crippen molar-refractivity contribution in [1.29, 1.82) is 0 Å². The number of ketones is 1. The fraction of sp³-hybridized carbons (Fsp3) is 0.909. The summed E-state index contributed by atoms with van der Waals surface area (Å²) in [5, 5.41) is 0. The largest absolute Gasteiger partial charge is 0.371 e. The highest BCUT2D eigenvalue weighted by Gasteiger charge is 2.25. The topological polar surface area (TPSA) is 52.3 Å². The van der Waals surface area contributed by atoms with Crippen LogP contribution in [0.1, 0.15) is 39.5 Å². The lowest BCUT2D eigenvalue weighted by molar-refractivity contribution is -0.130. The highest BCUT2D eigenvalue weighted by molar-refractivity contribution is 5.82. The van der Waals surface area contributed by atoms with Gasteiger partial charge in [0.25, 0.3) is 0 Å². The summed E-state index contributed by atoms with van der Waals surface area (Å²) >= 11 is 0. The fourth-order valence-corrected chi connectivity index (χ4v) is 1.89. The lowest BCUT2D eigenvalue weighted by Crippen LogP contribution is -2.33. The lowest BCUT2D eigenvalue weighted by Gasteiger charge is -2.25. The van der Waals surface area contributed by atoms with Gasteiger partial charge < -0.3 is 10.5 Å². The monoisotopic (exact) mass is 199 g/mol. The van der Waals surface area contributed by atoms with Crippen LogP contribution in [0, 0.1) is 5.92 Å². The van der Waals surface area contributed by atoms with Crippen molar-refractivity contribution in [3.63, 3.8) is 0 Å². The van der Waals surface area contributed by atoms with Crippen molar-refractivity contribution >= 4 is 5.78 Å². The summed E-state index contributed by atoms with van der Waals surface area (Å²) in [5.74, 6) is 0.381. The standard InChI is InChI=1S/C11H21NO2/c1-8(2)14-7-11(13)9-4-3-5-10(12)6-9/h8-10H,3-7,12H2,1-2H3. The minimum atomic E-state index is 0.135. The Morgan fingerprint density at radius 1 is 1.50 bits per heavy atom. The molecule has 2 unspecified atom stereocenters. The molecule has 2 N–H and O–H groups in total. The van der Waals surface area contributed by atoms with E-state index in [0.29, 0.717) is 0 Å². The second-order valence-electron chi connectivity index (χ2n) is 4.45. The normalized spacial score (nSPS) is 28.0. The molecule has 0 spiro atoms.